The molecule has 0 aliphatic heterocycles. The van der Waals surface area contributed by atoms with Gasteiger partial charge in [0, 0.05) is 30.3 Å². The van der Waals surface area contributed by atoms with Crippen LogP contribution >= 0.6 is 11.8 Å². The zero-order chi connectivity index (χ0) is 19.7. The van der Waals surface area contributed by atoms with Crippen molar-refractivity contribution in [3.8, 4) is 17.2 Å². The number of thioether (sulfide) groups is 1. The lowest BCUT2D eigenvalue weighted by Gasteiger charge is -2.11. The molecule has 2 N–H and O–H groups in total. The number of hydrogen-bond donors (Lipinski definition) is 1. The molecule has 6 nitrogen and oxygen atoms in total. The van der Waals surface area contributed by atoms with E-state index in [1.165, 1.54) is 29.0 Å². The third kappa shape index (κ3) is 3.42. The van der Waals surface area contributed by atoms with Gasteiger partial charge in [0.15, 0.2) is 5.16 Å². The van der Waals surface area contributed by atoms with E-state index in [9.17, 15) is 0 Å². The molecule has 0 saturated heterocycles. The summed E-state index contributed by atoms with van der Waals surface area (Å²) in [7, 11) is 2.03. The lowest BCUT2D eigenvalue weighted by molar-refractivity contribution is 0.932. The molecular weight excluding hydrogens is 368 g/mol. The minimum Gasteiger partial charge on any atom is -0.384 e. The Balaban J connectivity index is 1.71. The standard InChI is InChI=1S/C21H18N6S/c1-13(28-21-25-15(10-22)8-20(23)26-21)18-9-16-17(14-6-4-3-5-7-14)12-27(2)19(16)11-24-18/h3-9,11-13H,1-2H3,(H2,23,25,26). The van der Waals surface area contributed by atoms with Crippen LogP contribution < -0.4 is 5.73 Å². The Morgan fingerprint density at radius 2 is 1.96 bits per heavy atom. The van der Waals surface area contributed by atoms with Gasteiger partial charge in [0.05, 0.1) is 22.7 Å². The van der Waals surface area contributed by atoms with Crippen LogP contribution in [-0.4, -0.2) is 19.5 Å². The van der Waals surface area contributed by atoms with Gasteiger partial charge in [-0.1, -0.05) is 42.1 Å². The number of hydrogen-bond acceptors (Lipinski definition) is 6. The number of nitrogen functional groups attached to an aromatic ring is 1. The van der Waals surface area contributed by atoms with E-state index < -0.39 is 0 Å². The second-order valence-corrected chi connectivity index (χ2v) is 7.79. The van der Waals surface area contributed by atoms with Crippen molar-refractivity contribution in [2.75, 3.05) is 5.73 Å². The van der Waals surface area contributed by atoms with Crippen LogP contribution in [0.3, 0.4) is 0 Å². The summed E-state index contributed by atoms with van der Waals surface area (Å²) in [5, 5.41) is 10.7. The average molecular weight is 386 g/mol. The van der Waals surface area contributed by atoms with Crippen LogP contribution in [0.15, 0.2) is 60.0 Å². The van der Waals surface area contributed by atoms with Crippen molar-refractivity contribution in [3.63, 3.8) is 0 Å². The highest BCUT2D eigenvalue weighted by atomic mass is 32.2. The first-order valence-electron chi connectivity index (χ1n) is 8.77. The number of anilines is 1. The van der Waals surface area contributed by atoms with Gasteiger partial charge in [-0.2, -0.15) is 5.26 Å². The number of aryl methyl sites for hydroxylation is 1. The van der Waals surface area contributed by atoms with Gasteiger partial charge in [0.25, 0.3) is 0 Å². The molecule has 0 spiro atoms. The summed E-state index contributed by atoms with van der Waals surface area (Å²) in [5.41, 5.74) is 10.4. The SMILES string of the molecule is CC(Sc1nc(N)cc(C#N)n1)c1cc2c(-c3ccccc3)cn(C)c2cn1. The molecule has 0 saturated carbocycles. The van der Waals surface area contributed by atoms with Gasteiger partial charge in [-0.3, -0.25) is 4.98 Å². The van der Waals surface area contributed by atoms with Gasteiger partial charge in [0.1, 0.15) is 17.6 Å². The van der Waals surface area contributed by atoms with E-state index >= 15 is 0 Å². The van der Waals surface area contributed by atoms with Crippen molar-refractivity contribution in [2.45, 2.75) is 17.3 Å². The first kappa shape index (κ1) is 18.0. The smallest absolute Gasteiger partial charge is 0.191 e. The Bertz CT molecular complexity index is 1190. The number of pyridine rings is 1. The van der Waals surface area contributed by atoms with Gasteiger partial charge in [-0.05, 0) is 18.6 Å². The molecule has 0 aliphatic rings. The molecule has 0 radical (unpaired) electrons. The molecule has 0 bridgehead atoms. The third-order valence-corrected chi connectivity index (χ3v) is 5.51. The lowest BCUT2D eigenvalue weighted by atomic mass is 10.0. The normalized spacial score (nSPS) is 12.0. The highest BCUT2D eigenvalue weighted by Gasteiger charge is 2.16. The highest BCUT2D eigenvalue weighted by Crippen LogP contribution is 2.36. The predicted molar refractivity (Wildman–Crippen MR) is 112 cm³/mol. The molecular formula is C21H18N6S. The Morgan fingerprint density at radius 3 is 2.71 bits per heavy atom. The molecule has 1 aromatic carbocycles. The summed E-state index contributed by atoms with van der Waals surface area (Å²) < 4.78 is 2.09. The molecule has 1 atom stereocenters. The number of nitriles is 1. The molecule has 28 heavy (non-hydrogen) atoms. The second-order valence-electron chi connectivity index (χ2n) is 6.48. The summed E-state index contributed by atoms with van der Waals surface area (Å²) >= 11 is 1.43. The van der Waals surface area contributed by atoms with Crippen molar-refractivity contribution < 1.29 is 0 Å². The van der Waals surface area contributed by atoms with Crippen LogP contribution in [0, 0.1) is 11.3 Å². The summed E-state index contributed by atoms with van der Waals surface area (Å²) in [6.07, 6.45) is 4.03. The minimum absolute atomic E-state index is 0.00146. The molecule has 7 heteroatoms. The second kappa shape index (κ2) is 7.33. The van der Waals surface area contributed by atoms with E-state index in [4.69, 9.17) is 11.0 Å². The maximum atomic E-state index is 9.08. The largest absolute Gasteiger partial charge is 0.384 e. The highest BCUT2D eigenvalue weighted by molar-refractivity contribution is 7.99. The van der Waals surface area contributed by atoms with Gasteiger partial charge in [-0.25, -0.2) is 9.97 Å². The fraction of sp³-hybridized carbons (Fsp3) is 0.143. The summed E-state index contributed by atoms with van der Waals surface area (Å²) in [4.78, 5) is 13.1. The first-order chi connectivity index (χ1) is 13.5. The van der Waals surface area contributed by atoms with E-state index in [-0.39, 0.29) is 10.9 Å². The molecule has 4 aromatic rings. The number of nitrogens with two attached hydrogens (primary N) is 1. The van der Waals surface area contributed by atoms with Crippen molar-refractivity contribution in [1.82, 2.24) is 19.5 Å². The van der Waals surface area contributed by atoms with E-state index in [0.717, 1.165) is 16.6 Å². The zero-order valence-electron chi connectivity index (χ0n) is 15.5. The van der Waals surface area contributed by atoms with E-state index in [2.05, 4.69) is 43.9 Å². The Labute approximate surface area is 167 Å². The van der Waals surface area contributed by atoms with Gasteiger partial charge in [-0.15, -0.1) is 0 Å². The van der Waals surface area contributed by atoms with Crippen LogP contribution in [0.4, 0.5) is 5.82 Å². The molecule has 0 aliphatic carbocycles. The predicted octanol–water partition coefficient (Wildman–Crippen LogP) is 4.34. The van der Waals surface area contributed by atoms with Crippen molar-refractivity contribution in [2.24, 2.45) is 7.05 Å². The van der Waals surface area contributed by atoms with Crippen LogP contribution in [0.1, 0.15) is 23.6 Å². The van der Waals surface area contributed by atoms with Gasteiger partial charge in [0.2, 0.25) is 0 Å². The molecule has 1 unspecified atom stereocenters. The third-order valence-electron chi connectivity index (χ3n) is 4.52. The molecule has 4 rings (SSSR count). The van der Waals surface area contributed by atoms with E-state index in [0.29, 0.717) is 11.0 Å². The van der Waals surface area contributed by atoms with Crippen LogP contribution in [0.25, 0.3) is 22.0 Å². The zero-order valence-corrected chi connectivity index (χ0v) is 16.3. The average Bonchev–Trinajstić information content (AvgIpc) is 3.04. The van der Waals surface area contributed by atoms with Crippen LogP contribution in [-0.2, 0) is 7.05 Å². The van der Waals surface area contributed by atoms with Gasteiger partial charge >= 0.3 is 0 Å². The van der Waals surface area contributed by atoms with Crippen molar-refractivity contribution >= 4 is 28.5 Å². The molecule has 0 amide bonds. The van der Waals surface area contributed by atoms with Gasteiger partial charge < -0.3 is 10.3 Å². The van der Waals surface area contributed by atoms with Crippen LogP contribution in [0.5, 0.6) is 0 Å². The number of fused-ring (bicyclic) bond motifs is 1. The Kier molecular flexibility index (Phi) is 4.72. The Morgan fingerprint density at radius 1 is 1.18 bits per heavy atom. The van der Waals surface area contributed by atoms with E-state index in [1.807, 2.05) is 44.4 Å². The maximum absolute atomic E-state index is 9.08. The van der Waals surface area contributed by atoms with Crippen LogP contribution in [0.2, 0.25) is 0 Å². The number of aromatic nitrogens is 4. The number of benzene rings is 1. The fourth-order valence-corrected chi connectivity index (χ4v) is 4.01. The van der Waals surface area contributed by atoms with E-state index in [1.54, 1.807) is 0 Å². The topological polar surface area (TPSA) is 93.4 Å². The molecule has 0 fully saturated rings. The van der Waals surface area contributed by atoms with Crippen molar-refractivity contribution in [3.05, 3.63) is 66.2 Å². The fourth-order valence-electron chi connectivity index (χ4n) is 3.14. The number of nitrogens with zero attached hydrogens (tertiary/aromatic N) is 5. The summed E-state index contributed by atoms with van der Waals surface area (Å²) in [6, 6.07) is 15.9. The summed E-state index contributed by atoms with van der Waals surface area (Å²) in [5.74, 6) is 0.291. The molecule has 3 heterocycles. The first-order valence-corrected chi connectivity index (χ1v) is 9.65. The molecule has 138 valence electrons. The Hall–Kier alpha value is -3.37. The van der Waals surface area contributed by atoms with Crippen molar-refractivity contribution in [1.29, 1.82) is 5.26 Å². The number of rotatable bonds is 4. The minimum atomic E-state index is 0.00146. The molecule has 3 aromatic heterocycles. The quantitative estimate of drug-likeness (QED) is 0.414. The summed E-state index contributed by atoms with van der Waals surface area (Å²) in [6.45, 7) is 2.04. The maximum Gasteiger partial charge on any atom is 0.191 e. The lowest BCUT2D eigenvalue weighted by Crippen LogP contribution is -2.00. The monoisotopic (exact) mass is 386 g/mol.